The summed E-state index contributed by atoms with van der Waals surface area (Å²) in [5, 5.41) is 5.22. The van der Waals surface area contributed by atoms with Gasteiger partial charge >= 0.3 is 0 Å². The Labute approximate surface area is 115 Å². The normalized spacial score (nSPS) is 10.8. The Morgan fingerprint density at radius 1 is 1.26 bits per heavy atom. The summed E-state index contributed by atoms with van der Waals surface area (Å²) >= 11 is 1.70. The van der Waals surface area contributed by atoms with Gasteiger partial charge < -0.3 is 10.6 Å². The van der Waals surface area contributed by atoms with Crippen LogP contribution in [0.3, 0.4) is 0 Å². The average Bonchev–Trinajstić information content (AvgIpc) is 2.90. The predicted molar refractivity (Wildman–Crippen MR) is 80.4 cm³/mol. The highest BCUT2D eigenvalue weighted by atomic mass is 32.1. The van der Waals surface area contributed by atoms with Gasteiger partial charge in [0, 0.05) is 24.7 Å². The zero-order valence-corrected chi connectivity index (χ0v) is 11.4. The zero-order chi connectivity index (χ0) is 13.2. The molecule has 0 spiro atoms. The predicted octanol–water partition coefficient (Wildman–Crippen LogP) is 2.91. The highest BCUT2D eigenvalue weighted by Gasteiger charge is 2.09. The maximum atomic E-state index is 5.86. The van der Waals surface area contributed by atoms with Crippen molar-refractivity contribution in [2.75, 3.05) is 17.7 Å². The van der Waals surface area contributed by atoms with E-state index in [4.69, 9.17) is 5.73 Å². The lowest BCUT2D eigenvalue weighted by molar-refractivity contribution is 0.904. The molecule has 4 nitrogen and oxygen atoms in total. The number of hydrogen-bond acceptors (Lipinski definition) is 5. The molecule has 0 saturated heterocycles. The highest BCUT2D eigenvalue weighted by Crippen LogP contribution is 2.25. The summed E-state index contributed by atoms with van der Waals surface area (Å²) in [6.07, 6.45) is 1.60. The quantitative estimate of drug-likeness (QED) is 0.743. The number of thiophene rings is 1. The third-order valence-corrected chi connectivity index (χ3v) is 3.73. The minimum Gasteiger partial charge on any atom is -0.399 e. The molecule has 2 N–H and O–H groups in total. The Kier molecular flexibility index (Phi) is 3.05. The molecule has 3 aromatic rings. The first-order valence-corrected chi connectivity index (χ1v) is 6.91. The molecule has 2 aromatic heterocycles. The van der Waals surface area contributed by atoms with E-state index in [2.05, 4.69) is 31.7 Å². The van der Waals surface area contributed by atoms with E-state index < -0.39 is 0 Å². The summed E-state index contributed by atoms with van der Waals surface area (Å²) in [4.78, 5) is 10.8. The number of aromatic nitrogens is 2. The second-order valence-corrected chi connectivity index (χ2v) is 5.24. The van der Waals surface area contributed by atoms with Gasteiger partial charge in [0.2, 0.25) is 0 Å². The fourth-order valence-corrected chi connectivity index (χ4v) is 2.76. The topological polar surface area (TPSA) is 55.0 Å². The highest BCUT2D eigenvalue weighted by molar-refractivity contribution is 7.07. The van der Waals surface area contributed by atoms with Gasteiger partial charge in [0.15, 0.2) is 0 Å². The van der Waals surface area contributed by atoms with Crippen LogP contribution in [0.5, 0.6) is 0 Å². The Morgan fingerprint density at radius 3 is 2.95 bits per heavy atom. The Morgan fingerprint density at radius 2 is 2.16 bits per heavy atom. The van der Waals surface area contributed by atoms with Gasteiger partial charge in [0.25, 0.3) is 0 Å². The van der Waals surface area contributed by atoms with E-state index in [1.165, 1.54) is 5.56 Å². The molecule has 0 saturated carbocycles. The SMILES string of the molecule is CN(Cc1ccsc1)c1ncnc2ccc(N)cc12. The molecule has 1 aromatic carbocycles. The molecule has 0 atom stereocenters. The summed E-state index contributed by atoms with van der Waals surface area (Å²) in [5.41, 5.74) is 8.78. The molecule has 3 rings (SSSR count). The van der Waals surface area contributed by atoms with Crippen LogP contribution in [0.25, 0.3) is 10.9 Å². The van der Waals surface area contributed by atoms with Crippen LogP contribution in [0.2, 0.25) is 0 Å². The van der Waals surface area contributed by atoms with Crippen molar-refractivity contribution in [3.8, 4) is 0 Å². The average molecular weight is 270 g/mol. The maximum Gasteiger partial charge on any atom is 0.139 e. The molecule has 0 aliphatic rings. The van der Waals surface area contributed by atoms with E-state index in [0.717, 1.165) is 29.0 Å². The monoisotopic (exact) mass is 270 g/mol. The molecule has 2 heterocycles. The van der Waals surface area contributed by atoms with Crippen molar-refractivity contribution in [1.82, 2.24) is 9.97 Å². The third-order valence-electron chi connectivity index (χ3n) is 3.00. The third kappa shape index (κ3) is 2.37. The summed E-state index contributed by atoms with van der Waals surface area (Å²) in [6.45, 7) is 0.824. The number of fused-ring (bicyclic) bond motifs is 1. The standard InChI is InChI=1S/C14H14N4S/c1-18(7-10-4-5-19-8-10)14-12-6-11(15)2-3-13(12)16-9-17-14/h2-6,8-9H,7,15H2,1H3. The van der Waals surface area contributed by atoms with Gasteiger partial charge in [-0.25, -0.2) is 9.97 Å². The molecule has 5 heteroatoms. The van der Waals surface area contributed by atoms with Crippen molar-refractivity contribution < 1.29 is 0 Å². The minimum atomic E-state index is 0.729. The van der Waals surface area contributed by atoms with Crippen molar-refractivity contribution in [2.24, 2.45) is 0 Å². The number of anilines is 2. The van der Waals surface area contributed by atoms with Crippen molar-refractivity contribution in [2.45, 2.75) is 6.54 Å². The molecule has 0 bridgehead atoms. The van der Waals surface area contributed by atoms with E-state index in [-0.39, 0.29) is 0 Å². The first kappa shape index (κ1) is 11.9. The number of hydrogen-bond donors (Lipinski definition) is 1. The van der Waals surface area contributed by atoms with Crippen molar-refractivity contribution in [3.63, 3.8) is 0 Å². The Balaban J connectivity index is 2.01. The van der Waals surface area contributed by atoms with Crippen LogP contribution in [-0.4, -0.2) is 17.0 Å². The van der Waals surface area contributed by atoms with Gasteiger partial charge in [-0.1, -0.05) is 0 Å². The molecule has 0 aliphatic heterocycles. The van der Waals surface area contributed by atoms with Crippen LogP contribution in [0, 0.1) is 0 Å². The minimum absolute atomic E-state index is 0.729. The molecule has 0 unspecified atom stereocenters. The van der Waals surface area contributed by atoms with Gasteiger partial charge in [-0.3, -0.25) is 0 Å². The molecule has 96 valence electrons. The summed E-state index contributed by atoms with van der Waals surface area (Å²) in [5.74, 6) is 0.906. The Hall–Kier alpha value is -2.14. The lowest BCUT2D eigenvalue weighted by atomic mass is 10.2. The Bertz CT molecular complexity index is 694. The number of benzene rings is 1. The molecule has 0 fully saturated rings. The summed E-state index contributed by atoms with van der Waals surface area (Å²) < 4.78 is 0. The van der Waals surface area contributed by atoms with Crippen LogP contribution in [0.4, 0.5) is 11.5 Å². The number of nitrogens with zero attached hydrogens (tertiary/aromatic N) is 3. The molecular weight excluding hydrogens is 256 g/mol. The second-order valence-electron chi connectivity index (χ2n) is 4.46. The van der Waals surface area contributed by atoms with Crippen LogP contribution < -0.4 is 10.6 Å². The fourth-order valence-electron chi connectivity index (χ4n) is 2.10. The van der Waals surface area contributed by atoms with Gasteiger partial charge in [-0.2, -0.15) is 11.3 Å². The van der Waals surface area contributed by atoms with Crippen LogP contribution >= 0.6 is 11.3 Å². The maximum absolute atomic E-state index is 5.86. The van der Waals surface area contributed by atoms with Crippen molar-refractivity contribution >= 4 is 33.7 Å². The first-order chi connectivity index (χ1) is 9.24. The van der Waals surface area contributed by atoms with E-state index in [9.17, 15) is 0 Å². The molecule has 19 heavy (non-hydrogen) atoms. The molecule has 0 aliphatic carbocycles. The van der Waals surface area contributed by atoms with Crippen LogP contribution in [-0.2, 0) is 6.54 Å². The van der Waals surface area contributed by atoms with Crippen LogP contribution in [0.1, 0.15) is 5.56 Å². The van der Waals surface area contributed by atoms with Gasteiger partial charge in [0.05, 0.1) is 5.52 Å². The smallest absolute Gasteiger partial charge is 0.139 e. The van der Waals surface area contributed by atoms with E-state index in [0.29, 0.717) is 0 Å². The molecule has 0 amide bonds. The van der Waals surface area contributed by atoms with E-state index >= 15 is 0 Å². The number of nitrogens with two attached hydrogens (primary N) is 1. The van der Waals surface area contributed by atoms with Crippen molar-refractivity contribution in [3.05, 3.63) is 46.9 Å². The van der Waals surface area contributed by atoms with Crippen molar-refractivity contribution in [1.29, 1.82) is 0 Å². The number of rotatable bonds is 3. The van der Waals surface area contributed by atoms with Crippen LogP contribution in [0.15, 0.2) is 41.4 Å². The lowest BCUT2D eigenvalue weighted by Gasteiger charge is -2.19. The zero-order valence-electron chi connectivity index (χ0n) is 10.6. The second kappa shape index (κ2) is 4.85. The van der Waals surface area contributed by atoms with Gasteiger partial charge in [0.1, 0.15) is 12.1 Å². The summed E-state index contributed by atoms with van der Waals surface area (Å²) in [7, 11) is 2.03. The number of nitrogen functional groups attached to an aromatic ring is 1. The first-order valence-electron chi connectivity index (χ1n) is 5.96. The molecular formula is C14H14N4S. The summed E-state index contributed by atoms with van der Waals surface area (Å²) in [6, 6.07) is 7.83. The lowest BCUT2D eigenvalue weighted by Crippen LogP contribution is -2.17. The molecule has 0 radical (unpaired) electrons. The van der Waals surface area contributed by atoms with E-state index in [1.807, 2.05) is 25.2 Å². The van der Waals surface area contributed by atoms with Gasteiger partial charge in [-0.05, 0) is 40.6 Å². The van der Waals surface area contributed by atoms with Gasteiger partial charge in [-0.15, -0.1) is 0 Å². The fraction of sp³-hybridized carbons (Fsp3) is 0.143. The van der Waals surface area contributed by atoms with E-state index in [1.54, 1.807) is 17.7 Å². The largest absolute Gasteiger partial charge is 0.399 e.